The van der Waals surface area contributed by atoms with Crippen LogP contribution in [0.2, 0.25) is 0 Å². The molecule has 7 heteroatoms. The molecule has 1 aromatic heterocycles. The van der Waals surface area contributed by atoms with E-state index in [1.807, 2.05) is 20.8 Å². The van der Waals surface area contributed by atoms with E-state index < -0.39 is 0 Å². The number of nitrogen functional groups attached to an aromatic ring is 1. The third-order valence-electron chi connectivity index (χ3n) is 2.13. The zero-order chi connectivity index (χ0) is 12.1. The molecule has 6 nitrogen and oxygen atoms in total. The van der Waals surface area contributed by atoms with Crippen LogP contribution in [0.1, 0.15) is 27.2 Å². The first kappa shape index (κ1) is 12.8. The van der Waals surface area contributed by atoms with E-state index in [1.165, 1.54) is 11.8 Å². The van der Waals surface area contributed by atoms with E-state index in [0.29, 0.717) is 5.16 Å². The minimum Gasteiger partial charge on any atom is -0.368 e. The molecule has 16 heavy (non-hydrogen) atoms. The number of aromatic nitrogens is 3. The fraction of sp³-hybridized carbons (Fsp3) is 0.667. The number of anilines is 1. The molecule has 0 saturated carbocycles. The molecule has 0 bridgehead atoms. The van der Waals surface area contributed by atoms with Gasteiger partial charge in [0.05, 0.1) is 5.25 Å². The van der Waals surface area contributed by atoms with Gasteiger partial charge >= 0.3 is 0 Å². The van der Waals surface area contributed by atoms with Crippen molar-refractivity contribution in [3.05, 3.63) is 0 Å². The summed E-state index contributed by atoms with van der Waals surface area (Å²) in [5.41, 5.74) is 5.39. The van der Waals surface area contributed by atoms with Gasteiger partial charge in [0.1, 0.15) is 0 Å². The number of carbonyl (C=O) groups is 1. The molecular formula is C9H17N5OS. The van der Waals surface area contributed by atoms with E-state index in [2.05, 4.69) is 20.5 Å². The number of hydrogen-bond donors (Lipinski definition) is 3. The standard InChI is InChI=1S/C9H17N5OS/c1-4-5(2)11-7(15)6(3)16-9-12-8(10)13-14-9/h5-6H,4H2,1-3H3,(H,11,15)(H3,10,12,13,14). The Hall–Kier alpha value is -1.24. The summed E-state index contributed by atoms with van der Waals surface area (Å²) < 4.78 is 0. The maximum atomic E-state index is 11.7. The molecule has 2 unspecified atom stereocenters. The van der Waals surface area contributed by atoms with Gasteiger partial charge in [0.2, 0.25) is 17.0 Å². The molecule has 1 amide bonds. The lowest BCUT2D eigenvalue weighted by Gasteiger charge is -2.14. The van der Waals surface area contributed by atoms with Crippen LogP contribution in [-0.4, -0.2) is 32.4 Å². The average molecular weight is 243 g/mol. The normalized spacial score (nSPS) is 14.4. The molecule has 2 atom stereocenters. The van der Waals surface area contributed by atoms with Crippen LogP contribution in [0.4, 0.5) is 5.95 Å². The first-order valence-electron chi connectivity index (χ1n) is 5.17. The van der Waals surface area contributed by atoms with Crippen LogP contribution >= 0.6 is 11.8 Å². The molecule has 1 aromatic rings. The van der Waals surface area contributed by atoms with Crippen LogP contribution in [0.15, 0.2) is 5.16 Å². The van der Waals surface area contributed by atoms with E-state index in [0.717, 1.165) is 6.42 Å². The summed E-state index contributed by atoms with van der Waals surface area (Å²) in [6, 6.07) is 0.188. The summed E-state index contributed by atoms with van der Waals surface area (Å²) in [5.74, 6) is 0.250. The second-order valence-corrected chi connectivity index (χ2v) is 4.89. The topological polar surface area (TPSA) is 96.7 Å². The number of nitrogens with one attached hydrogen (secondary N) is 2. The number of H-pyrrole nitrogens is 1. The molecule has 0 aromatic carbocycles. The largest absolute Gasteiger partial charge is 0.368 e. The molecule has 4 N–H and O–H groups in total. The van der Waals surface area contributed by atoms with Gasteiger partial charge in [0.15, 0.2) is 0 Å². The summed E-state index contributed by atoms with van der Waals surface area (Å²) in [7, 11) is 0. The number of thioether (sulfide) groups is 1. The highest BCUT2D eigenvalue weighted by Crippen LogP contribution is 2.19. The van der Waals surface area contributed by atoms with Crippen molar-refractivity contribution < 1.29 is 4.79 Å². The molecule has 90 valence electrons. The van der Waals surface area contributed by atoms with Gasteiger partial charge in [-0.15, -0.1) is 5.10 Å². The third kappa shape index (κ3) is 3.73. The highest BCUT2D eigenvalue weighted by Gasteiger charge is 2.17. The highest BCUT2D eigenvalue weighted by atomic mass is 32.2. The number of hydrogen-bond acceptors (Lipinski definition) is 5. The number of amides is 1. The lowest BCUT2D eigenvalue weighted by atomic mass is 10.2. The minimum atomic E-state index is -0.232. The van der Waals surface area contributed by atoms with Gasteiger partial charge in [-0.25, -0.2) is 5.10 Å². The number of carbonyl (C=O) groups excluding carboxylic acids is 1. The van der Waals surface area contributed by atoms with Crippen LogP contribution in [0.3, 0.4) is 0 Å². The van der Waals surface area contributed by atoms with Crippen molar-refractivity contribution in [3.63, 3.8) is 0 Å². The van der Waals surface area contributed by atoms with Gasteiger partial charge in [-0.05, 0) is 20.3 Å². The molecule has 0 aliphatic heterocycles. The Morgan fingerprint density at radius 1 is 1.62 bits per heavy atom. The Morgan fingerprint density at radius 2 is 2.31 bits per heavy atom. The molecule has 0 saturated heterocycles. The van der Waals surface area contributed by atoms with Gasteiger partial charge < -0.3 is 11.1 Å². The van der Waals surface area contributed by atoms with Gasteiger partial charge in [-0.1, -0.05) is 18.7 Å². The maximum Gasteiger partial charge on any atom is 0.233 e. The Labute approximate surface area is 98.8 Å². The Balaban J connectivity index is 2.45. The third-order valence-corrected chi connectivity index (χ3v) is 3.10. The zero-order valence-electron chi connectivity index (χ0n) is 9.65. The monoisotopic (exact) mass is 243 g/mol. The Morgan fingerprint density at radius 3 is 2.81 bits per heavy atom. The van der Waals surface area contributed by atoms with E-state index >= 15 is 0 Å². The van der Waals surface area contributed by atoms with E-state index in [4.69, 9.17) is 5.73 Å². The predicted molar refractivity (Wildman–Crippen MR) is 64.0 cm³/mol. The maximum absolute atomic E-state index is 11.7. The summed E-state index contributed by atoms with van der Waals surface area (Å²) in [4.78, 5) is 15.6. The lowest BCUT2D eigenvalue weighted by molar-refractivity contribution is -0.120. The van der Waals surface area contributed by atoms with Crippen LogP contribution in [-0.2, 0) is 4.79 Å². The van der Waals surface area contributed by atoms with Crippen molar-refractivity contribution in [2.75, 3.05) is 5.73 Å². The van der Waals surface area contributed by atoms with Crippen molar-refractivity contribution in [1.29, 1.82) is 0 Å². The predicted octanol–water partition coefficient (Wildman–Crippen LogP) is 0.782. The van der Waals surface area contributed by atoms with Crippen LogP contribution in [0.25, 0.3) is 0 Å². The van der Waals surface area contributed by atoms with Crippen LogP contribution in [0.5, 0.6) is 0 Å². The number of nitrogens with two attached hydrogens (primary N) is 1. The second kappa shape index (κ2) is 5.74. The number of aromatic amines is 1. The summed E-state index contributed by atoms with van der Waals surface area (Å²) in [6.07, 6.45) is 0.913. The van der Waals surface area contributed by atoms with Crippen LogP contribution in [0, 0.1) is 0 Å². The van der Waals surface area contributed by atoms with Gasteiger partial charge in [0, 0.05) is 6.04 Å². The quantitative estimate of drug-likeness (QED) is 0.664. The van der Waals surface area contributed by atoms with Gasteiger partial charge in [-0.2, -0.15) is 4.98 Å². The van der Waals surface area contributed by atoms with Crippen molar-refractivity contribution >= 4 is 23.6 Å². The molecular weight excluding hydrogens is 226 g/mol. The van der Waals surface area contributed by atoms with Crippen molar-refractivity contribution in [2.45, 2.75) is 43.6 Å². The van der Waals surface area contributed by atoms with Crippen molar-refractivity contribution in [3.8, 4) is 0 Å². The summed E-state index contributed by atoms with van der Waals surface area (Å²) >= 11 is 1.28. The molecule has 1 rings (SSSR count). The number of nitrogens with zero attached hydrogens (tertiary/aromatic N) is 2. The Kier molecular flexibility index (Phi) is 4.60. The summed E-state index contributed by atoms with van der Waals surface area (Å²) in [6.45, 7) is 5.81. The van der Waals surface area contributed by atoms with E-state index in [9.17, 15) is 4.79 Å². The Bertz CT molecular complexity index is 353. The smallest absolute Gasteiger partial charge is 0.233 e. The van der Waals surface area contributed by atoms with Gasteiger partial charge in [0.25, 0.3) is 0 Å². The number of rotatable bonds is 5. The van der Waals surface area contributed by atoms with E-state index in [-0.39, 0.29) is 23.1 Å². The minimum absolute atomic E-state index is 0.0114. The lowest BCUT2D eigenvalue weighted by Crippen LogP contribution is -2.37. The van der Waals surface area contributed by atoms with Crippen LogP contribution < -0.4 is 11.1 Å². The molecule has 0 fully saturated rings. The summed E-state index contributed by atoms with van der Waals surface area (Å²) in [5, 5.41) is 9.55. The fourth-order valence-electron chi connectivity index (χ4n) is 0.985. The first-order valence-corrected chi connectivity index (χ1v) is 6.05. The molecule has 0 aliphatic rings. The second-order valence-electron chi connectivity index (χ2n) is 3.58. The molecule has 0 radical (unpaired) electrons. The van der Waals surface area contributed by atoms with Crippen molar-refractivity contribution in [2.24, 2.45) is 0 Å². The molecule has 0 spiro atoms. The van der Waals surface area contributed by atoms with Gasteiger partial charge in [-0.3, -0.25) is 4.79 Å². The SMILES string of the molecule is CCC(C)NC(=O)C(C)Sc1n[nH]c(N)n1. The fourth-order valence-corrected chi connectivity index (χ4v) is 1.73. The average Bonchev–Trinajstić information content (AvgIpc) is 2.63. The highest BCUT2D eigenvalue weighted by molar-refractivity contribution is 8.00. The molecule has 0 aliphatic carbocycles. The zero-order valence-corrected chi connectivity index (χ0v) is 10.5. The van der Waals surface area contributed by atoms with Crippen molar-refractivity contribution in [1.82, 2.24) is 20.5 Å². The first-order chi connectivity index (χ1) is 7.52. The van der Waals surface area contributed by atoms with E-state index in [1.54, 1.807) is 0 Å². The molecule has 1 heterocycles.